The van der Waals surface area contributed by atoms with Crippen molar-refractivity contribution in [3.63, 3.8) is 0 Å². The Kier molecular flexibility index (Phi) is 10.6. The number of alkyl halides is 2. The van der Waals surface area contributed by atoms with Gasteiger partial charge in [0.2, 0.25) is 0 Å². The third kappa shape index (κ3) is 6.15. The second-order valence-electron chi connectivity index (χ2n) is 13.7. The summed E-state index contributed by atoms with van der Waals surface area (Å²) in [6.07, 6.45) is 5.88. The highest BCUT2D eigenvalue weighted by Gasteiger charge is 2.69. The van der Waals surface area contributed by atoms with Crippen LogP contribution >= 0.6 is 34.8 Å². The van der Waals surface area contributed by atoms with Crippen molar-refractivity contribution in [2.75, 3.05) is 48.8 Å². The lowest BCUT2D eigenvalue weighted by Gasteiger charge is -2.57. The highest BCUT2D eigenvalue weighted by Crippen LogP contribution is 2.69. The molecular formula is C36H43Cl3N2O7. The number of esters is 1. The number of allylic oxidation sites excluding steroid dienone is 4. The number of fused-ring (bicyclic) bond motifs is 5. The van der Waals surface area contributed by atoms with Crippen LogP contribution in [-0.2, 0) is 23.9 Å². The molecule has 48 heavy (non-hydrogen) atoms. The topological polar surface area (TPSA) is 111 Å². The lowest BCUT2D eigenvalue weighted by atomic mass is 9.48. The molecule has 2 fully saturated rings. The van der Waals surface area contributed by atoms with Crippen molar-refractivity contribution in [2.24, 2.45) is 28.6 Å². The predicted molar refractivity (Wildman–Crippen MR) is 187 cm³/mol. The number of ether oxygens (including phenoxy) is 3. The van der Waals surface area contributed by atoms with E-state index in [9.17, 15) is 19.2 Å². The van der Waals surface area contributed by atoms with Crippen LogP contribution in [0.2, 0.25) is 0 Å². The van der Waals surface area contributed by atoms with Gasteiger partial charge in [0.25, 0.3) is 0 Å². The van der Waals surface area contributed by atoms with E-state index in [4.69, 9.17) is 49.0 Å². The number of nitrogens with one attached hydrogen (secondary N) is 1. The fourth-order valence-electron chi connectivity index (χ4n) is 8.96. The normalized spacial score (nSPS) is 30.6. The molecular weight excluding hydrogens is 679 g/mol. The SMILES string of the molecule is C=C1C[C@H]2[C@@H]3C=C(Cl)C4=CC(=O)CC[C@]4(C)[C@H]3CC[C@]2(C)[C@@]1(OC(=O)COC(=O)Nc1ccc(N(CCCl)CCCl)cc1OC)C(C)=O. The van der Waals surface area contributed by atoms with Crippen molar-refractivity contribution in [3.05, 3.63) is 53.1 Å². The Labute approximate surface area is 296 Å². The fourth-order valence-corrected chi connectivity index (χ4v) is 9.79. The Hall–Kier alpha value is -3.01. The van der Waals surface area contributed by atoms with Crippen molar-refractivity contribution < 1.29 is 33.4 Å². The number of halogens is 3. The zero-order valence-corrected chi connectivity index (χ0v) is 30.1. The minimum Gasteiger partial charge on any atom is -0.494 e. The molecule has 0 radical (unpaired) electrons. The van der Waals surface area contributed by atoms with E-state index >= 15 is 0 Å². The molecule has 1 N–H and O–H groups in total. The van der Waals surface area contributed by atoms with Crippen molar-refractivity contribution >= 4 is 69.8 Å². The van der Waals surface area contributed by atoms with Gasteiger partial charge in [0.15, 0.2) is 23.8 Å². The molecule has 1 amide bonds. The first-order valence-corrected chi connectivity index (χ1v) is 17.7. The lowest BCUT2D eigenvalue weighted by Crippen LogP contribution is -2.59. The molecule has 4 aliphatic rings. The van der Waals surface area contributed by atoms with E-state index in [-0.39, 0.29) is 34.7 Å². The van der Waals surface area contributed by atoms with Crippen LogP contribution in [0.4, 0.5) is 16.2 Å². The first-order valence-electron chi connectivity index (χ1n) is 16.3. The van der Waals surface area contributed by atoms with Gasteiger partial charge in [-0.15, -0.1) is 23.2 Å². The summed E-state index contributed by atoms with van der Waals surface area (Å²) < 4.78 is 16.8. The number of Topliss-reactive ketones (excluding diaryl/α,β-unsaturated/α-hetero) is 1. The molecule has 9 nitrogen and oxygen atoms in total. The molecule has 1 aromatic carbocycles. The summed E-state index contributed by atoms with van der Waals surface area (Å²) in [5, 5.41) is 3.18. The number of benzene rings is 1. The van der Waals surface area contributed by atoms with Gasteiger partial charge < -0.3 is 19.1 Å². The summed E-state index contributed by atoms with van der Waals surface area (Å²) in [6.45, 7) is 10.3. The van der Waals surface area contributed by atoms with E-state index in [0.29, 0.717) is 66.2 Å². The maximum atomic E-state index is 13.6. The predicted octanol–water partition coefficient (Wildman–Crippen LogP) is 7.44. The van der Waals surface area contributed by atoms with E-state index < -0.39 is 29.7 Å². The largest absolute Gasteiger partial charge is 0.494 e. The van der Waals surface area contributed by atoms with Crippen molar-refractivity contribution in [1.29, 1.82) is 0 Å². The van der Waals surface area contributed by atoms with E-state index in [1.54, 1.807) is 24.3 Å². The number of ketones is 2. The number of anilines is 2. The van der Waals surface area contributed by atoms with Crippen LogP contribution in [0.1, 0.15) is 52.9 Å². The fraction of sp³-hybridized carbons (Fsp3) is 0.556. The average molecular weight is 722 g/mol. The van der Waals surface area contributed by atoms with Crippen molar-refractivity contribution in [2.45, 2.75) is 58.5 Å². The molecule has 2 saturated carbocycles. The molecule has 0 heterocycles. The van der Waals surface area contributed by atoms with E-state index in [0.717, 1.165) is 24.1 Å². The number of carbonyl (C=O) groups is 4. The number of hydrogen-bond acceptors (Lipinski definition) is 8. The van der Waals surface area contributed by atoms with Crippen LogP contribution in [0.25, 0.3) is 0 Å². The van der Waals surface area contributed by atoms with Gasteiger partial charge in [-0.05, 0) is 85.1 Å². The number of nitrogens with zero attached hydrogens (tertiary/aromatic N) is 1. The Bertz CT molecular complexity index is 1570. The summed E-state index contributed by atoms with van der Waals surface area (Å²) in [6, 6.07) is 5.20. The number of hydrogen-bond donors (Lipinski definition) is 1. The molecule has 0 bridgehead atoms. The Balaban J connectivity index is 1.30. The van der Waals surface area contributed by atoms with Crippen LogP contribution in [0.3, 0.4) is 0 Å². The van der Waals surface area contributed by atoms with Crippen LogP contribution in [-0.4, -0.2) is 67.8 Å². The number of rotatable bonds is 11. The third-order valence-corrected chi connectivity index (χ3v) is 12.0. The van der Waals surface area contributed by atoms with Gasteiger partial charge in [-0.3, -0.25) is 14.9 Å². The zero-order valence-electron chi connectivity index (χ0n) is 27.8. The average Bonchev–Trinajstić information content (AvgIpc) is 3.27. The summed E-state index contributed by atoms with van der Waals surface area (Å²) in [4.78, 5) is 54.0. The van der Waals surface area contributed by atoms with Gasteiger partial charge in [0, 0.05) is 53.5 Å². The molecule has 0 aromatic heterocycles. The van der Waals surface area contributed by atoms with E-state index in [2.05, 4.69) is 18.8 Å². The molecule has 5 rings (SSSR count). The molecule has 6 atom stereocenters. The monoisotopic (exact) mass is 720 g/mol. The van der Waals surface area contributed by atoms with Gasteiger partial charge in [-0.2, -0.15) is 0 Å². The lowest BCUT2D eigenvalue weighted by molar-refractivity contribution is -0.183. The molecule has 12 heteroatoms. The number of methoxy groups -OCH3 is 1. The minimum atomic E-state index is -1.59. The van der Waals surface area contributed by atoms with Gasteiger partial charge in [-0.25, -0.2) is 9.59 Å². The molecule has 0 saturated heterocycles. The third-order valence-electron chi connectivity index (χ3n) is 11.3. The molecule has 4 aliphatic carbocycles. The van der Waals surface area contributed by atoms with Crippen LogP contribution in [0, 0.1) is 28.6 Å². The zero-order chi connectivity index (χ0) is 35.0. The highest BCUT2D eigenvalue weighted by atomic mass is 35.5. The molecule has 260 valence electrons. The molecule has 0 spiro atoms. The van der Waals surface area contributed by atoms with E-state index in [1.165, 1.54) is 14.0 Å². The number of amides is 1. The summed E-state index contributed by atoms with van der Waals surface area (Å²) >= 11 is 18.7. The van der Waals surface area contributed by atoms with Crippen molar-refractivity contribution in [3.8, 4) is 5.75 Å². The minimum absolute atomic E-state index is 0.00336. The maximum absolute atomic E-state index is 13.6. The van der Waals surface area contributed by atoms with Gasteiger partial charge in [-0.1, -0.05) is 38.1 Å². The second kappa shape index (κ2) is 14.1. The smallest absolute Gasteiger partial charge is 0.412 e. The van der Waals surface area contributed by atoms with E-state index in [1.807, 2.05) is 17.9 Å². The van der Waals surface area contributed by atoms with Crippen LogP contribution in [0.5, 0.6) is 5.75 Å². The summed E-state index contributed by atoms with van der Waals surface area (Å²) in [7, 11) is 1.47. The molecule has 0 unspecified atom stereocenters. The van der Waals surface area contributed by atoms with Crippen LogP contribution < -0.4 is 15.0 Å². The first-order chi connectivity index (χ1) is 22.7. The highest BCUT2D eigenvalue weighted by molar-refractivity contribution is 6.32. The molecule has 0 aliphatic heterocycles. The van der Waals surface area contributed by atoms with Gasteiger partial charge in [0.1, 0.15) is 5.75 Å². The molecule has 1 aromatic rings. The van der Waals surface area contributed by atoms with Gasteiger partial charge >= 0.3 is 12.1 Å². The summed E-state index contributed by atoms with van der Waals surface area (Å²) in [5.41, 5.74) is -0.0390. The maximum Gasteiger partial charge on any atom is 0.412 e. The first kappa shape index (κ1) is 36.3. The standard InChI is InChI=1S/C36H43Cl3N2O7/c1-21-16-27-25-19-29(39)28-18-24(43)8-10-34(28,3)26(25)9-11-35(27,4)36(21,22(2)42)48-32(44)20-47-33(45)40-30-7-6-23(17-31(30)46-5)41(14-12-37)15-13-38/h6-7,17-19,25-27H,1,8-16,20H2,2-5H3,(H,40,45)/t25-,26+,27+,34-,35+,36+/m1/s1. The quantitative estimate of drug-likeness (QED) is 0.143. The Morgan fingerprint density at radius 3 is 2.46 bits per heavy atom. The Morgan fingerprint density at radius 2 is 1.81 bits per heavy atom. The second-order valence-corrected chi connectivity index (χ2v) is 14.8. The van der Waals surface area contributed by atoms with Crippen LogP contribution in [0.15, 0.2) is 53.1 Å². The Morgan fingerprint density at radius 1 is 1.10 bits per heavy atom. The number of carbonyl (C=O) groups excluding carboxylic acids is 4. The van der Waals surface area contributed by atoms with Gasteiger partial charge in [0.05, 0.1) is 12.8 Å². The van der Waals surface area contributed by atoms with Crippen molar-refractivity contribution in [1.82, 2.24) is 0 Å². The summed E-state index contributed by atoms with van der Waals surface area (Å²) in [5.74, 6) is 0.249.